The number of rotatable bonds is 8. The summed E-state index contributed by atoms with van der Waals surface area (Å²) in [6, 6.07) is 12.9. The van der Waals surface area contributed by atoms with Gasteiger partial charge in [0.1, 0.15) is 6.04 Å². The van der Waals surface area contributed by atoms with Crippen LogP contribution in [0.15, 0.2) is 53.4 Å². The largest absolute Gasteiger partial charge is 0.464 e. The molecular formula is C23H28N2O6S. The molecule has 0 radical (unpaired) electrons. The molecule has 2 aromatic carbocycles. The molecule has 0 spiro atoms. The van der Waals surface area contributed by atoms with Crippen LogP contribution in [0.2, 0.25) is 0 Å². The highest BCUT2D eigenvalue weighted by atomic mass is 32.2. The Balaban J connectivity index is 1.83. The fraction of sp³-hybridized carbons (Fsp3) is 0.391. The Morgan fingerprint density at radius 1 is 1.12 bits per heavy atom. The summed E-state index contributed by atoms with van der Waals surface area (Å²) in [6.45, 7) is 4.76. The lowest BCUT2D eigenvalue weighted by Crippen LogP contribution is -2.43. The number of aryl methyl sites for hydroxylation is 1. The SMILES string of the molecule is CCOC(=O)C(Cc1ccccc1)NC(=O)c1ccc(C)c(S(=O)(=O)N2CCOCC2)c1. The predicted molar refractivity (Wildman–Crippen MR) is 119 cm³/mol. The monoisotopic (exact) mass is 460 g/mol. The first-order valence-electron chi connectivity index (χ1n) is 10.5. The van der Waals surface area contributed by atoms with E-state index in [1.807, 2.05) is 30.3 Å². The summed E-state index contributed by atoms with van der Waals surface area (Å²) in [5.74, 6) is -1.09. The Bertz CT molecular complexity index is 1050. The van der Waals surface area contributed by atoms with E-state index in [0.717, 1.165) is 5.56 Å². The van der Waals surface area contributed by atoms with Crippen LogP contribution in [0.3, 0.4) is 0 Å². The maximum Gasteiger partial charge on any atom is 0.328 e. The quantitative estimate of drug-likeness (QED) is 0.604. The summed E-state index contributed by atoms with van der Waals surface area (Å²) >= 11 is 0. The van der Waals surface area contributed by atoms with E-state index in [1.54, 1.807) is 26.0 Å². The van der Waals surface area contributed by atoms with Gasteiger partial charge in [-0.05, 0) is 37.1 Å². The molecule has 1 heterocycles. The van der Waals surface area contributed by atoms with E-state index >= 15 is 0 Å². The van der Waals surface area contributed by atoms with Crippen molar-refractivity contribution in [1.82, 2.24) is 9.62 Å². The molecule has 1 N–H and O–H groups in total. The molecule has 0 saturated carbocycles. The standard InChI is InChI=1S/C23H28N2O6S/c1-3-31-23(27)20(15-18-7-5-4-6-8-18)24-22(26)19-10-9-17(2)21(16-19)32(28,29)25-11-13-30-14-12-25/h4-10,16,20H,3,11-15H2,1-2H3,(H,24,26). The van der Waals surface area contributed by atoms with E-state index in [-0.39, 0.29) is 36.6 Å². The normalized spacial score (nSPS) is 15.7. The van der Waals surface area contributed by atoms with Crippen molar-refractivity contribution in [3.8, 4) is 0 Å². The van der Waals surface area contributed by atoms with Gasteiger partial charge in [0.25, 0.3) is 5.91 Å². The van der Waals surface area contributed by atoms with Crippen molar-refractivity contribution in [3.05, 3.63) is 65.2 Å². The third-order valence-electron chi connectivity index (χ3n) is 5.20. The van der Waals surface area contributed by atoms with Gasteiger partial charge >= 0.3 is 5.97 Å². The van der Waals surface area contributed by atoms with E-state index in [2.05, 4.69) is 5.32 Å². The van der Waals surface area contributed by atoms with Crippen molar-refractivity contribution in [3.63, 3.8) is 0 Å². The number of benzene rings is 2. The zero-order valence-corrected chi connectivity index (χ0v) is 19.1. The van der Waals surface area contributed by atoms with Crippen LogP contribution in [0.25, 0.3) is 0 Å². The number of sulfonamides is 1. The second-order valence-corrected chi connectivity index (χ2v) is 9.37. The van der Waals surface area contributed by atoms with Crippen molar-refractivity contribution >= 4 is 21.9 Å². The van der Waals surface area contributed by atoms with E-state index in [4.69, 9.17) is 9.47 Å². The van der Waals surface area contributed by atoms with Crippen LogP contribution in [0, 0.1) is 6.92 Å². The lowest BCUT2D eigenvalue weighted by Gasteiger charge is -2.27. The van der Waals surface area contributed by atoms with Gasteiger partial charge in [0.2, 0.25) is 10.0 Å². The van der Waals surface area contributed by atoms with Gasteiger partial charge in [0, 0.05) is 25.1 Å². The highest BCUT2D eigenvalue weighted by Crippen LogP contribution is 2.22. The molecule has 1 saturated heterocycles. The van der Waals surface area contributed by atoms with Gasteiger partial charge in [0.15, 0.2) is 0 Å². The molecule has 0 aliphatic carbocycles. The number of carbonyl (C=O) groups is 2. The van der Waals surface area contributed by atoms with Crippen molar-refractivity contribution in [1.29, 1.82) is 0 Å². The molecule has 1 aliphatic rings. The van der Waals surface area contributed by atoms with E-state index in [9.17, 15) is 18.0 Å². The van der Waals surface area contributed by atoms with Crippen LogP contribution in [-0.2, 0) is 30.7 Å². The summed E-state index contributed by atoms with van der Waals surface area (Å²) in [6.07, 6.45) is 0.260. The third kappa shape index (κ3) is 5.73. The number of nitrogens with zero attached hydrogens (tertiary/aromatic N) is 1. The maximum atomic E-state index is 13.1. The maximum absolute atomic E-state index is 13.1. The molecule has 1 unspecified atom stereocenters. The van der Waals surface area contributed by atoms with Gasteiger partial charge in [-0.3, -0.25) is 4.79 Å². The molecule has 2 aromatic rings. The van der Waals surface area contributed by atoms with Crippen LogP contribution in [0.4, 0.5) is 0 Å². The average molecular weight is 461 g/mol. The molecule has 0 bridgehead atoms. The summed E-state index contributed by atoms with van der Waals surface area (Å²) < 4.78 is 37.9. The zero-order valence-electron chi connectivity index (χ0n) is 18.2. The Kier molecular flexibility index (Phi) is 8.00. The van der Waals surface area contributed by atoms with Gasteiger partial charge in [-0.1, -0.05) is 36.4 Å². The third-order valence-corrected chi connectivity index (χ3v) is 7.24. The summed E-state index contributed by atoms with van der Waals surface area (Å²) in [4.78, 5) is 25.5. The Morgan fingerprint density at radius 2 is 1.81 bits per heavy atom. The molecule has 1 aliphatic heterocycles. The molecule has 8 nitrogen and oxygen atoms in total. The number of hydrogen-bond donors (Lipinski definition) is 1. The lowest BCUT2D eigenvalue weighted by atomic mass is 10.1. The summed E-state index contributed by atoms with van der Waals surface area (Å²) in [5.41, 5.74) is 1.56. The van der Waals surface area contributed by atoms with Gasteiger partial charge in [-0.15, -0.1) is 0 Å². The van der Waals surface area contributed by atoms with Crippen molar-refractivity contribution in [2.75, 3.05) is 32.9 Å². The summed E-state index contributed by atoms with van der Waals surface area (Å²) in [7, 11) is -3.77. The first kappa shape index (κ1) is 23.9. The number of hydrogen-bond acceptors (Lipinski definition) is 6. The molecule has 9 heteroatoms. The van der Waals surface area contributed by atoms with E-state index < -0.39 is 27.9 Å². The zero-order chi connectivity index (χ0) is 23.1. The Labute approximate surface area is 188 Å². The second kappa shape index (κ2) is 10.7. The second-order valence-electron chi connectivity index (χ2n) is 7.46. The minimum atomic E-state index is -3.77. The fourth-order valence-electron chi connectivity index (χ4n) is 3.47. The van der Waals surface area contributed by atoms with Gasteiger partial charge in [-0.25, -0.2) is 13.2 Å². The molecule has 0 aromatic heterocycles. The minimum absolute atomic E-state index is 0.0720. The average Bonchev–Trinajstić information content (AvgIpc) is 2.80. The molecule has 172 valence electrons. The highest BCUT2D eigenvalue weighted by molar-refractivity contribution is 7.89. The molecule has 1 fully saturated rings. The lowest BCUT2D eigenvalue weighted by molar-refractivity contribution is -0.145. The number of esters is 1. The number of amides is 1. The van der Waals surface area contributed by atoms with E-state index in [0.29, 0.717) is 18.8 Å². The van der Waals surface area contributed by atoms with E-state index in [1.165, 1.54) is 10.4 Å². The van der Waals surface area contributed by atoms with Crippen LogP contribution >= 0.6 is 0 Å². The van der Waals surface area contributed by atoms with Crippen LogP contribution in [0.5, 0.6) is 0 Å². The molecule has 1 amide bonds. The number of carbonyl (C=O) groups excluding carboxylic acids is 2. The Morgan fingerprint density at radius 3 is 2.47 bits per heavy atom. The van der Waals surface area contributed by atoms with Crippen LogP contribution < -0.4 is 5.32 Å². The minimum Gasteiger partial charge on any atom is -0.464 e. The molecule has 32 heavy (non-hydrogen) atoms. The van der Waals surface area contributed by atoms with Crippen LogP contribution in [0.1, 0.15) is 28.4 Å². The van der Waals surface area contributed by atoms with Crippen molar-refractivity contribution in [2.24, 2.45) is 0 Å². The smallest absolute Gasteiger partial charge is 0.328 e. The Hall–Kier alpha value is -2.75. The highest BCUT2D eigenvalue weighted by Gasteiger charge is 2.29. The topological polar surface area (TPSA) is 102 Å². The van der Waals surface area contributed by atoms with Crippen LogP contribution in [-0.4, -0.2) is 63.6 Å². The summed E-state index contributed by atoms with van der Waals surface area (Å²) in [5, 5.41) is 2.70. The number of nitrogens with one attached hydrogen (secondary N) is 1. The van der Waals surface area contributed by atoms with Gasteiger partial charge in [0.05, 0.1) is 24.7 Å². The van der Waals surface area contributed by atoms with Crippen molar-refractivity contribution in [2.45, 2.75) is 31.2 Å². The predicted octanol–water partition coefficient (Wildman–Crippen LogP) is 1.92. The molecule has 3 rings (SSSR count). The molecular weight excluding hydrogens is 432 g/mol. The number of morpholine rings is 1. The first-order chi connectivity index (χ1) is 15.3. The molecule has 1 atom stereocenters. The van der Waals surface area contributed by atoms with Crippen molar-refractivity contribution < 1.29 is 27.5 Å². The number of ether oxygens (including phenoxy) is 2. The van der Waals surface area contributed by atoms with Gasteiger partial charge in [-0.2, -0.15) is 4.31 Å². The first-order valence-corrected chi connectivity index (χ1v) is 12.0. The van der Waals surface area contributed by atoms with Gasteiger partial charge < -0.3 is 14.8 Å². The fourth-order valence-corrected chi connectivity index (χ4v) is 5.13.